The van der Waals surface area contributed by atoms with Crippen LogP contribution in [0.3, 0.4) is 0 Å². The predicted octanol–water partition coefficient (Wildman–Crippen LogP) is 3.15. The molecular weight excluding hydrogens is 255 g/mol. The van der Waals surface area contributed by atoms with Gasteiger partial charge >= 0.3 is 0 Å². The van der Waals surface area contributed by atoms with Crippen molar-refractivity contribution < 1.29 is 9.53 Å². The molecule has 0 radical (unpaired) electrons. The maximum absolute atomic E-state index is 11.0. The van der Waals surface area contributed by atoms with Gasteiger partial charge in [0.1, 0.15) is 5.75 Å². The molecule has 4 heteroatoms. The lowest BCUT2D eigenvalue weighted by molar-refractivity contribution is 0.107. The van der Waals surface area contributed by atoms with Gasteiger partial charge in [0.2, 0.25) is 0 Å². The van der Waals surface area contributed by atoms with Crippen molar-refractivity contribution in [1.82, 2.24) is 0 Å². The number of methoxy groups -OCH3 is 1. The van der Waals surface area contributed by atoms with Crippen molar-refractivity contribution in [2.24, 2.45) is 0 Å². The molecule has 70 valence electrons. The first-order valence-electron chi connectivity index (χ1n) is 3.60. The molecule has 0 bridgehead atoms. The summed E-state index contributed by atoms with van der Waals surface area (Å²) in [6, 6.07) is 3.50. The van der Waals surface area contributed by atoms with Crippen LogP contribution in [0, 0.1) is 6.92 Å². The van der Waals surface area contributed by atoms with Crippen molar-refractivity contribution in [3.63, 3.8) is 0 Å². The van der Waals surface area contributed by atoms with Crippen LogP contribution >= 0.6 is 27.5 Å². The van der Waals surface area contributed by atoms with Crippen LogP contribution < -0.4 is 4.74 Å². The number of aryl methyl sites for hydroxylation is 1. The Balaban J connectivity index is 3.38. The maximum atomic E-state index is 11.0. The molecule has 0 aromatic heterocycles. The fourth-order valence-corrected chi connectivity index (χ4v) is 1.86. The SMILES string of the molecule is COc1c(C)cc(Br)cc1C(=O)Cl. The normalized spacial score (nSPS) is 9.85. The first kappa shape index (κ1) is 10.5. The van der Waals surface area contributed by atoms with E-state index in [1.807, 2.05) is 13.0 Å². The zero-order chi connectivity index (χ0) is 10.0. The van der Waals surface area contributed by atoms with E-state index in [2.05, 4.69) is 15.9 Å². The number of carbonyl (C=O) groups excluding carboxylic acids is 1. The molecule has 0 unspecified atom stereocenters. The van der Waals surface area contributed by atoms with Gasteiger partial charge in [-0.3, -0.25) is 4.79 Å². The minimum absolute atomic E-state index is 0.385. The van der Waals surface area contributed by atoms with Crippen molar-refractivity contribution in [1.29, 1.82) is 0 Å². The molecule has 1 rings (SSSR count). The number of hydrogen-bond donors (Lipinski definition) is 0. The Morgan fingerprint density at radius 2 is 2.15 bits per heavy atom. The Hall–Kier alpha value is -0.540. The topological polar surface area (TPSA) is 26.3 Å². The largest absolute Gasteiger partial charge is 0.496 e. The fraction of sp³-hybridized carbons (Fsp3) is 0.222. The van der Waals surface area contributed by atoms with E-state index >= 15 is 0 Å². The van der Waals surface area contributed by atoms with Gasteiger partial charge in [0.05, 0.1) is 12.7 Å². The summed E-state index contributed by atoms with van der Waals surface area (Å²) >= 11 is 8.67. The second kappa shape index (κ2) is 4.11. The highest BCUT2D eigenvalue weighted by atomic mass is 79.9. The van der Waals surface area contributed by atoms with Gasteiger partial charge in [0.25, 0.3) is 5.24 Å². The standard InChI is InChI=1S/C9H8BrClO2/c1-5-3-6(10)4-7(9(11)12)8(5)13-2/h3-4H,1-2H3. The van der Waals surface area contributed by atoms with Gasteiger partial charge in [-0.05, 0) is 36.2 Å². The first-order valence-corrected chi connectivity index (χ1v) is 4.77. The highest BCUT2D eigenvalue weighted by Gasteiger charge is 2.12. The lowest BCUT2D eigenvalue weighted by atomic mass is 10.1. The van der Waals surface area contributed by atoms with Crippen molar-refractivity contribution in [2.75, 3.05) is 7.11 Å². The first-order chi connectivity index (χ1) is 6.06. The second-order valence-electron chi connectivity index (χ2n) is 2.58. The van der Waals surface area contributed by atoms with Crippen molar-refractivity contribution in [3.05, 3.63) is 27.7 Å². The molecule has 0 N–H and O–H groups in total. The van der Waals surface area contributed by atoms with Gasteiger partial charge in [-0.25, -0.2) is 0 Å². The minimum atomic E-state index is -0.513. The van der Waals surface area contributed by atoms with Crippen LogP contribution in [-0.2, 0) is 0 Å². The highest BCUT2D eigenvalue weighted by Crippen LogP contribution is 2.28. The lowest BCUT2D eigenvalue weighted by Crippen LogP contribution is -1.97. The third-order valence-electron chi connectivity index (χ3n) is 1.66. The van der Waals surface area contributed by atoms with Crippen molar-refractivity contribution >= 4 is 32.8 Å². The van der Waals surface area contributed by atoms with Crippen LogP contribution in [0.2, 0.25) is 0 Å². The quantitative estimate of drug-likeness (QED) is 0.766. The Morgan fingerprint density at radius 3 is 2.62 bits per heavy atom. The number of hydrogen-bond acceptors (Lipinski definition) is 2. The molecule has 0 saturated heterocycles. The number of ether oxygens (including phenoxy) is 1. The molecule has 2 nitrogen and oxygen atoms in total. The van der Waals surface area contributed by atoms with Gasteiger partial charge in [-0.1, -0.05) is 15.9 Å². The number of carbonyl (C=O) groups is 1. The Kier molecular flexibility index (Phi) is 3.33. The minimum Gasteiger partial charge on any atom is -0.496 e. The van der Waals surface area contributed by atoms with E-state index in [1.165, 1.54) is 7.11 Å². The Labute approximate surface area is 90.0 Å². The molecule has 0 spiro atoms. The second-order valence-corrected chi connectivity index (χ2v) is 3.84. The molecule has 13 heavy (non-hydrogen) atoms. The fourth-order valence-electron chi connectivity index (χ4n) is 1.15. The van der Waals surface area contributed by atoms with Crippen LogP contribution in [0.4, 0.5) is 0 Å². The molecule has 0 amide bonds. The zero-order valence-electron chi connectivity index (χ0n) is 7.23. The molecule has 0 atom stereocenters. The average Bonchev–Trinajstić information content (AvgIpc) is 2.02. The van der Waals surface area contributed by atoms with Crippen LogP contribution in [0.5, 0.6) is 5.75 Å². The van der Waals surface area contributed by atoms with E-state index in [0.717, 1.165) is 10.0 Å². The van der Waals surface area contributed by atoms with E-state index < -0.39 is 5.24 Å². The number of rotatable bonds is 2. The average molecular weight is 264 g/mol. The Morgan fingerprint density at radius 1 is 1.54 bits per heavy atom. The molecule has 0 heterocycles. The summed E-state index contributed by atoms with van der Waals surface area (Å²) in [6.07, 6.45) is 0. The smallest absolute Gasteiger partial charge is 0.256 e. The van der Waals surface area contributed by atoms with E-state index in [1.54, 1.807) is 6.07 Å². The maximum Gasteiger partial charge on any atom is 0.256 e. The van der Waals surface area contributed by atoms with Crippen molar-refractivity contribution in [2.45, 2.75) is 6.92 Å². The molecule has 0 aliphatic carbocycles. The summed E-state index contributed by atoms with van der Waals surface area (Å²) in [5.74, 6) is 0.531. The van der Waals surface area contributed by atoms with Crippen LogP contribution in [0.15, 0.2) is 16.6 Å². The molecule has 0 saturated carbocycles. The number of benzene rings is 1. The van der Waals surface area contributed by atoms with Gasteiger partial charge < -0.3 is 4.74 Å². The van der Waals surface area contributed by atoms with Gasteiger partial charge in [0.15, 0.2) is 0 Å². The summed E-state index contributed by atoms with van der Waals surface area (Å²) < 4.78 is 5.88. The van der Waals surface area contributed by atoms with E-state index in [0.29, 0.717) is 11.3 Å². The summed E-state index contributed by atoms with van der Waals surface area (Å²) in [4.78, 5) is 11.0. The molecule has 1 aromatic rings. The monoisotopic (exact) mass is 262 g/mol. The summed E-state index contributed by atoms with van der Waals surface area (Å²) in [6.45, 7) is 1.85. The van der Waals surface area contributed by atoms with Crippen LogP contribution in [-0.4, -0.2) is 12.4 Å². The van der Waals surface area contributed by atoms with E-state index in [4.69, 9.17) is 16.3 Å². The highest BCUT2D eigenvalue weighted by molar-refractivity contribution is 9.10. The Bertz CT molecular complexity index is 350. The predicted molar refractivity (Wildman–Crippen MR) is 55.6 cm³/mol. The van der Waals surface area contributed by atoms with Gasteiger partial charge in [-0.15, -0.1) is 0 Å². The van der Waals surface area contributed by atoms with Crippen molar-refractivity contribution in [3.8, 4) is 5.75 Å². The summed E-state index contributed by atoms with van der Waals surface area (Å²) in [7, 11) is 1.51. The molecule has 0 fully saturated rings. The molecular formula is C9H8BrClO2. The third-order valence-corrected chi connectivity index (χ3v) is 2.32. The summed E-state index contributed by atoms with van der Waals surface area (Å²) in [5, 5.41) is -0.513. The van der Waals surface area contributed by atoms with Crippen LogP contribution in [0.25, 0.3) is 0 Å². The molecule has 0 aliphatic rings. The van der Waals surface area contributed by atoms with E-state index in [9.17, 15) is 4.79 Å². The van der Waals surface area contributed by atoms with Gasteiger partial charge in [-0.2, -0.15) is 0 Å². The zero-order valence-corrected chi connectivity index (χ0v) is 9.57. The van der Waals surface area contributed by atoms with Gasteiger partial charge in [0, 0.05) is 4.47 Å². The molecule has 0 aliphatic heterocycles. The van der Waals surface area contributed by atoms with Crippen LogP contribution in [0.1, 0.15) is 15.9 Å². The van der Waals surface area contributed by atoms with E-state index in [-0.39, 0.29) is 0 Å². The lowest BCUT2D eigenvalue weighted by Gasteiger charge is -2.08. The summed E-state index contributed by atoms with van der Waals surface area (Å²) in [5.41, 5.74) is 1.26. The number of halogens is 2. The molecule has 1 aromatic carbocycles. The third kappa shape index (κ3) is 2.23.